The Morgan fingerprint density at radius 2 is 2.12 bits per heavy atom. The summed E-state index contributed by atoms with van der Waals surface area (Å²) in [7, 11) is 2.15. The molecule has 2 fully saturated rings. The number of halogens is 1. The van der Waals surface area contributed by atoms with E-state index in [1.807, 2.05) is 12.3 Å². The van der Waals surface area contributed by atoms with Gasteiger partial charge in [-0.3, -0.25) is 4.79 Å². The van der Waals surface area contributed by atoms with E-state index in [4.69, 9.17) is 0 Å². The molecule has 2 aliphatic heterocycles. The van der Waals surface area contributed by atoms with Crippen LogP contribution in [0.5, 0.6) is 0 Å². The minimum absolute atomic E-state index is 0. The minimum Gasteiger partial charge on any atom is -0.354 e. The van der Waals surface area contributed by atoms with Gasteiger partial charge in [-0.2, -0.15) is 0 Å². The van der Waals surface area contributed by atoms with Crippen LogP contribution in [0.15, 0.2) is 18.3 Å². The maximum Gasteiger partial charge on any atom is 0.223 e. The first-order chi connectivity index (χ1) is 11.6. The number of likely N-dealkylation sites (N-methyl/N-ethyl adjacent to an activating group) is 1. The van der Waals surface area contributed by atoms with Crippen LogP contribution in [0.1, 0.15) is 25.3 Å². The standard InChI is InChI=1S/C18H29N5O.ClH/c1-14-12-15(5-7-19-14)18(24)21-13-16-4-3-6-20-17(16)23-10-8-22(2)9-11-23;/h3-4,6,14-15,19H,5,7-13H2,1-2H3,(H,21,24);1H/t14-,15-;/m0./s1. The molecule has 1 amide bonds. The van der Waals surface area contributed by atoms with Crippen molar-refractivity contribution in [2.45, 2.75) is 32.4 Å². The van der Waals surface area contributed by atoms with Crippen LogP contribution >= 0.6 is 12.4 Å². The van der Waals surface area contributed by atoms with E-state index >= 15 is 0 Å². The van der Waals surface area contributed by atoms with Crippen LogP contribution in [0.25, 0.3) is 0 Å². The lowest BCUT2D eigenvalue weighted by Gasteiger charge is -2.34. The first-order valence-corrected chi connectivity index (χ1v) is 9.02. The van der Waals surface area contributed by atoms with E-state index in [2.05, 4.69) is 45.5 Å². The van der Waals surface area contributed by atoms with E-state index in [1.165, 1.54) is 0 Å². The summed E-state index contributed by atoms with van der Waals surface area (Å²) < 4.78 is 0. The van der Waals surface area contributed by atoms with Gasteiger partial charge in [0, 0.05) is 56.4 Å². The van der Waals surface area contributed by atoms with E-state index < -0.39 is 0 Å². The second-order valence-corrected chi connectivity index (χ2v) is 7.07. The fraction of sp³-hybridized carbons (Fsp3) is 0.667. The first kappa shape index (κ1) is 19.9. The van der Waals surface area contributed by atoms with Crippen LogP contribution in [0, 0.1) is 5.92 Å². The van der Waals surface area contributed by atoms with Gasteiger partial charge in [0.05, 0.1) is 0 Å². The van der Waals surface area contributed by atoms with E-state index in [9.17, 15) is 4.79 Å². The summed E-state index contributed by atoms with van der Waals surface area (Å²) in [5.41, 5.74) is 1.11. The summed E-state index contributed by atoms with van der Waals surface area (Å²) in [6, 6.07) is 4.45. The van der Waals surface area contributed by atoms with Gasteiger partial charge in [0.1, 0.15) is 5.82 Å². The third kappa shape index (κ3) is 5.30. The topological polar surface area (TPSA) is 60.5 Å². The van der Waals surface area contributed by atoms with Crippen molar-refractivity contribution in [2.75, 3.05) is 44.7 Å². The smallest absolute Gasteiger partial charge is 0.223 e. The Kier molecular flexibility index (Phi) is 7.47. The molecule has 2 aliphatic rings. The number of hydrogen-bond donors (Lipinski definition) is 2. The van der Waals surface area contributed by atoms with Gasteiger partial charge in [-0.25, -0.2) is 4.98 Å². The highest BCUT2D eigenvalue weighted by Gasteiger charge is 2.25. The number of aromatic nitrogens is 1. The van der Waals surface area contributed by atoms with Gasteiger partial charge in [0.2, 0.25) is 5.91 Å². The van der Waals surface area contributed by atoms with Crippen molar-refractivity contribution in [3.63, 3.8) is 0 Å². The molecule has 2 atom stereocenters. The molecule has 2 N–H and O–H groups in total. The van der Waals surface area contributed by atoms with Gasteiger partial charge in [-0.1, -0.05) is 6.07 Å². The van der Waals surface area contributed by atoms with E-state index in [-0.39, 0.29) is 24.2 Å². The summed E-state index contributed by atoms with van der Waals surface area (Å²) in [5, 5.41) is 6.53. The second-order valence-electron chi connectivity index (χ2n) is 7.07. The predicted octanol–water partition coefficient (Wildman–Crippen LogP) is 1.26. The first-order valence-electron chi connectivity index (χ1n) is 9.02. The van der Waals surface area contributed by atoms with Crippen molar-refractivity contribution < 1.29 is 4.79 Å². The molecule has 0 saturated carbocycles. The SMILES string of the molecule is C[C@H]1C[C@@H](C(=O)NCc2cccnc2N2CCN(C)CC2)CCN1.Cl. The Hall–Kier alpha value is -1.37. The molecule has 3 heterocycles. The van der Waals surface area contributed by atoms with Crippen LogP contribution < -0.4 is 15.5 Å². The van der Waals surface area contributed by atoms with E-state index in [0.717, 1.165) is 56.9 Å². The molecule has 0 spiro atoms. The highest BCUT2D eigenvalue weighted by Crippen LogP contribution is 2.20. The summed E-state index contributed by atoms with van der Waals surface area (Å²) >= 11 is 0. The maximum absolute atomic E-state index is 12.5. The molecular formula is C18H30ClN5O. The number of carbonyl (C=O) groups excluding carboxylic acids is 1. The van der Waals surface area contributed by atoms with Gasteiger partial charge < -0.3 is 20.4 Å². The quantitative estimate of drug-likeness (QED) is 0.839. The minimum atomic E-state index is 0. The number of rotatable bonds is 4. The third-order valence-corrected chi connectivity index (χ3v) is 5.12. The van der Waals surface area contributed by atoms with Crippen LogP contribution in [0.2, 0.25) is 0 Å². The van der Waals surface area contributed by atoms with Crippen molar-refractivity contribution in [3.8, 4) is 0 Å². The molecular weight excluding hydrogens is 338 g/mol. The zero-order valence-corrected chi connectivity index (χ0v) is 16.0. The Labute approximate surface area is 156 Å². The monoisotopic (exact) mass is 367 g/mol. The van der Waals surface area contributed by atoms with Crippen molar-refractivity contribution in [1.29, 1.82) is 0 Å². The zero-order valence-electron chi connectivity index (χ0n) is 15.2. The Morgan fingerprint density at radius 3 is 2.84 bits per heavy atom. The Morgan fingerprint density at radius 1 is 1.36 bits per heavy atom. The average Bonchev–Trinajstić information content (AvgIpc) is 2.61. The molecule has 6 nitrogen and oxygen atoms in total. The number of nitrogens with one attached hydrogen (secondary N) is 2. The van der Waals surface area contributed by atoms with Crippen LogP contribution in [0.3, 0.4) is 0 Å². The Balaban J connectivity index is 0.00000225. The molecule has 25 heavy (non-hydrogen) atoms. The number of pyridine rings is 1. The molecule has 1 aromatic heterocycles. The van der Waals surface area contributed by atoms with E-state index in [0.29, 0.717) is 12.6 Å². The number of piperazine rings is 1. The molecule has 1 aromatic rings. The lowest BCUT2D eigenvalue weighted by Crippen LogP contribution is -2.45. The predicted molar refractivity (Wildman–Crippen MR) is 103 cm³/mol. The van der Waals surface area contributed by atoms with Gasteiger partial charge in [0.25, 0.3) is 0 Å². The lowest BCUT2D eigenvalue weighted by atomic mass is 9.92. The van der Waals surface area contributed by atoms with Gasteiger partial charge in [-0.15, -0.1) is 12.4 Å². The van der Waals surface area contributed by atoms with Crippen LogP contribution in [0.4, 0.5) is 5.82 Å². The number of piperidine rings is 1. The highest BCUT2D eigenvalue weighted by atomic mass is 35.5. The van der Waals surface area contributed by atoms with Crippen molar-refractivity contribution in [1.82, 2.24) is 20.5 Å². The molecule has 0 bridgehead atoms. The van der Waals surface area contributed by atoms with Crippen LogP contribution in [-0.4, -0.2) is 61.6 Å². The highest BCUT2D eigenvalue weighted by molar-refractivity contribution is 5.85. The molecule has 0 aliphatic carbocycles. The van der Waals surface area contributed by atoms with Gasteiger partial charge in [0.15, 0.2) is 0 Å². The number of nitrogens with zero attached hydrogens (tertiary/aromatic N) is 3. The number of anilines is 1. The van der Waals surface area contributed by atoms with Crippen molar-refractivity contribution >= 4 is 24.1 Å². The largest absolute Gasteiger partial charge is 0.354 e. The van der Waals surface area contributed by atoms with Gasteiger partial charge in [-0.05, 0) is 39.4 Å². The normalized spacial score (nSPS) is 24.5. The molecule has 0 radical (unpaired) electrons. The summed E-state index contributed by atoms with van der Waals surface area (Å²) in [4.78, 5) is 21.7. The lowest BCUT2D eigenvalue weighted by molar-refractivity contribution is -0.126. The average molecular weight is 368 g/mol. The summed E-state index contributed by atoms with van der Waals surface area (Å²) in [5.74, 6) is 1.33. The van der Waals surface area contributed by atoms with Crippen LogP contribution in [-0.2, 0) is 11.3 Å². The Bertz CT molecular complexity index is 562. The second kappa shape index (κ2) is 9.36. The maximum atomic E-state index is 12.5. The van der Waals surface area contributed by atoms with Gasteiger partial charge >= 0.3 is 0 Å². The molecule has 0 unspecified atom stereocenters. The van der Waals surface area contributed by atoms with Crippen molar-refractivity contribution in [2.24, 2.45) is 5.92 Å². The molecule has 0 aromatic carbocycles. The van der Waals surface area contributed by atoms with E-state index in [1.54, 1.807) is 0 Å². The number of carbonyl (C=O) groups is 1. The third-order valence-electron chi connectivity index (χ3n) is 5.12. The fourth-order valence-corrected chi connectivity index (χ4v) is 3.57. The number of amides is 1. The summed E-state index contributed by atoms with van der Waals surface area (Å²) in [6.45, 7) is 7.71. The zero-order chi connectivity index (χ0) is 16.9. The molecule has 3 rings (SSSR count). The molecule has 140 valence electrons. The molecule has 7 heteroatoms. The molecule has 2 saturated heterocycles. The fourth-order valence-electron chi connectivity index (χ4n) is 3.57. The number of hydrogen-bond acceptors (Lipinski definition) is 5. The summed E-state index contributed by atoms with van der Waals surface area (Å²) in [6.07, 6.45) is 3.69. The van der Waals surface area contributed by atoms with Crippen molar-refractivity contribution in [3.05, 3.63) is 23.9 Å².